The normalized spacial score (nSPS) is 35.3. The Morgan fingerprint density at radius 2 is 1.68 bits per heavy atom. The summed E-state index contributed by atoms with van der Waals surface area (Å²) in [4.78, 5) is 39.9. The molecule has 0 unspecified atom stereocenters. The van der Waals surface area contributed by atoms with Crippen LogP contribution in [0.3, 0.4) is 0 Å². The molecule has 4 rings (SSSR count). The molecule has 1 saturated carbocycles. The van der Waals surface area contributed by atoms with Crippen molar-refractivity contribution in [3.63, 3.8) is 0 Å². The van der Waals surface area contributed by atoms with Gasteiger partial charge >= 0.3 is 0 Å². The molecule has 12 heteroatoms. The number of nitrogens with two attached hydrogens (primary N) is 1. The average molecular weight is 476 g/mol. The maximum absolute atomic E-state index is 13.7. The quantitative estimate of drug-likeness (QED) is 0.177. The van der Waals surface area contributed by atoms with E-state index < -0.39 is 92.4 Å². The zero-order valence-corrected chi connectivity index (χ0v) is 18.3. The third kappa shape index (κ3) is 2.59. The van der Waals surface area contributed by atoms with Crippen LogP contribution in [0.2, 0.25) is 0 Å². The predicted molar refractivity (Wildman–Crippen MR) is 113 cm³/mol. The minimum absolute atomic E-state index is 0.146. The van der Waals surface area contributed by atoms with Gasteiger partial charge in [-0.05, 0) is 32.6 Å². The number of aliphatic hydroxyl groups excluding tert-OH is 3. The summed E-state index contributed by atoms with van der Waals surface area (Å²) in [5, 5.41) is 76.3. The molecule has 9 N–H and O–H groups in total. The highest BCUT2D eigenvalue weighted by Gasteiger charge is 2.70. The molecule has 0 saturated heterocycles. The number of carbonyl (C=O) groups excluding carboxylic acids is 3. The van der Waals surface area contributed by atoms with Crippen molar-refractivity contribution in [1.82, 2.24) is 4.90 Å². The van der Waals surface area contributed by atoms with Gasteiger partial charge in [-0.3, -0.25) is 19.3 Å². The standard InChI is InChI=1S/C22H24N2O10/c1-21(33)6-4-5-7(25)14(26)8(6)15(27)9-11(21)17(29)12-13(24(2)3)16(28)10(20(23)32)19(31)22(12,34)18(9)30/h4-5,11-13,17,25-27,29,31,33-34H,1-3H3,(H2,23,32)/t11-,12-,13+,17+,21-,22+/m1/s1. The second-order valence-corrected chi connectivity index (χ2v) is 9.22. The van der Waals surface area contributed by atoms with Gasteiger partial charge in [0.2, 0.25) is 5.78 Å². The van der Waals surface area contributed by atoms with E-state index >= 15 is 0 Å². The van der Waals surface area contributed by atoms with Crippen molar-refractivity contribution in [2.45, 2.75) is 30.3 Å². The molecular formula is C22H24N2O10. The van der Waals surface area contributed by atoms with Crippen molar-refractivity contribution in [3.8, 4) is 11.5 Å². The van der Waals surface area contributed by atoms with Crippen molar-refractivity contribution in [3.05, 3.63) is 40.2 Å². The maximum atomic E-state index is 13.7. The Morgan fingerprint density at radius 1 is 1.09 bits per heavy atom. The number of phenolic OH excluding ortho intramolecular Hbond substituents is 2. The molecule has 12 nitrogen and oxygen atoms in total. The number of ketones is 2. The van der Waals surface area contributed by atoms with E-state index in [2.05, 4.69) is 0 Å². The van der Waals surface area contributed by atoms with E-state index in [1.165, 1.54) is 32.0 Å². The minimum Gasteiger partial charge on any atom is -0.508 e. The van der Waals surface area contributed by atoms with Crippen molar-refractivity contribution in [2.75, 3.05) is 14.1 Å². The van der Waals surface area contributed by atoms with E-state index in [9.17, 15) is 50.1 Å². The number of primary amides is 1. The van der Waals surface area contributed by atoms with Crippen LogP contribution in [0, 0.1) is 11.8 Å². The molecule has 3 aliphatic carbocycles. The van der Waals surface area contributed by atoms with Gasteiger partial charge < -0.3 is 41.5 Å². The number of aromatic hydroxyl groups is 2. The SMILES string of the molecule is CN(C)[C@@H]1C(=O)C(C(N)=O)=C(O)[C@@]2(O)C(=O)C3=C(O)c4c(ccc(O)c4O)[C@@](C)(O)[C@H]3[C@H](O)[C@@H]12. The maximum Gasteiger partial charge on any atom is 0.255 e. The Morgan fingerprint density at radius 3 is 2.21 bits per heavy atom. The first kappa shape index (κ1) is 23.7. The van der Waals surface area contributed by atoms with E-state index in [4.69, 9.17) is 5.73 Å². The fourth-order valence-electron chi connectivity index (χ4n) is 5.63. The molecule has 0 bridgehead atoms. The molecular weight excluding hydrogens is 452 g/mol. The van der Waals surface area contributed by atoms with E-state index in [-0.39, 0.29) is 5.56 Å². The average Bonchev–Trinajstić information content (AvgIpc) is 2.72. The summed E-state index contributed by atoms with van der Waals surface area (Å²) in [5.41, 5.74) is -2.50. The van der Waals surface area contributed by atoms with Gasteiger partial charge in [-0.15, -0.1) is 0 Å². The summed E-state index contributed by atoms with van der Waals surface area (Å²) in [6.45, 7) is 1.18. The first-order chi connectivity index (χ1) is 15.6. The van der Waals surface area contributed by atoms with Crippen LogP contribution in [0.5, 0.6) is 11.5 Å². The Labute approximate surface area is 192 Å². The second kappa shape index (κ2) is 7.03. The lowest BCUT2D eigenvalue weighted by Gasteiger charge is -2.55. The monoisotopic (exact) mass is 476 g/mol. The zero-order valence-electron chi connectivity index (χ0n) is 18.3. The van der Waals surface area contributed by atoms with Gasteiger partial charge in [-0.25, -0.2) is 0 Å². The van der Waals surface area contributed by atoms with Crippen LogP contribution in [-0.2, 0) is 20.0 Å². The lowest BCUT2D eigenvalue weighted by Crippen LogP contribution is -2.71. The van der Waals surface area contributed by atoms with Crippen LogP contribution >= 0.6 is 0 Å². The topological polar surface area (TPSA) is 222 Å². The molecule has 0 aromatic heterocycles. The molecule has 1 amide bonds. The lowest BCUT2D eigenvalue weighted by molar-refractivity contribution is -0.181. The fraction of sp³-hybridized carbons (Fsp3) is 0.409. The summed E-state index contributed by atoms with van der Waals surface area (Å²) in [6, 6.07) is 0.679. The first-order valence-electron chi connectivity index (χ1n) is 10.2. The minimum atomic E-state index is -3.09. The molecule has 34 heavy (non-hydrogen) atoms. The molecule has 0 spiro atoms. The number of hydrogen-bond acceptors (Lipinski definition) is 11. The molecule has 0 heterocycles. The number of phenols is 2. The number of rotatable bonds is 2. The number of fused-ring (bicyclic) bond motifs is 3. The van der Waals surface area contributed by atoms with E-state index in [0.29, 0.717) is 0 Å². The van der Waals surface area contributed by atoms with Crippen molar-refractivity contribution in [1.29, 1.82) is 0 Å². The third-order valence-electron chi connectivity index (χ3n) is 7.15. The largest absolute Gasteiger partial charge is 0.508 e. The molecule has 1 aromatic carbocycles. The van der Waals surface area contributed by atoms with Gasteiger partial charge in [0, 0.05) is 0 Å². The number of benzene rings is 1. The van der Waals surface area contributed by atoms with Gasteiger partial charge in [0.05, 0.1) is 40.7 Å². The van der Waals surface area contributed by atoms with Crippen LogP contribution in [0.25, 0.3) is 5.76 Å². The van der Waals surface area contributed by atoms with E-state index in [1.807, 2.05) is 0 Å². The number of nitrogens with zero attached hydrogens (tertiary/aromatic N) is 1. The molecule has 0 aliphatic heterocycles. The third-order valence-corrected chi connectivity index (χ3v) is 7.15. The lowest BCUT2D eigenvalue weighted by atomic mass is 9.53. The fourth-order valence-corrected chi connectivity index (χ4v) is 5.63. The van der Waals surface area contributed by atoms with E-state index in [1.54, 1.807) is 0 Å². The molecule has 6 atom stereocenters. The zero-order chi connectivity index (χ0) is 25.7. The van der Waals surface area contributed by atoms with Crippen molar-refractivity contribution in [2.24, 2.45) is 17.6 Å². The molecule has 0 radical (unpaired) electrons. The Hall–Kier alpha value is -3.45. The van der Waals surface area contributed by atoms with Gasteiger partial charge in [0.15, 0.2) is 22.9 Å². The van der Waals surface area contributed by atoms with Gasteiger partial charge in [0.25, 0.3) is 5.91 Å². The number of likely N-dealkylation sites (N-methyl/N-ethyl adjacent to an activating group) is 1. The van der Waals surface area contributed by atoms with Crippen molar-refractivity contribution < 1.29 is 50.1 Å². The van der Waals surface area contributed by atoms with Crippen LogP contribution in [0.1, 0.15) is 18.1 Å². The Bertz CT molecular complexity index is 1230. The second-order valence-electron chi connectivity index (χ2n) is 9.22. The number of carbonyl (C=O) groups is 3. The first-order valence-corrected chi connectivity index (χ1v) is 10.2. The van der Waals surface area contributed by atoms with Crippen LogP contribution in [0.15, 0.2) is 29.0 Å². The number of aliphatic hydroxyl groups is 5. The summed E-state index contributed by atoms with van der Waals surface area (Å²) < 4.78 is 0. The van der Waals surface area contributed by atoms with Crippen LogP contribution in [0.4, 0.5) is 0 Å². The number of Topliss-reactive ketones (excluding diaryl/α,β-unsaturated/α-hetero) is 2. The van der Waals surface area contributed by atoms with Gasteiger partial charge in [-0.2, -0.15) is 0 Å². The summed E-state index contributed by atoms with van der Waals surface area (Å²) in [7, 11) is 2.75. The van der Waals surface area contributed by atoms with Gasteiger partial charge in [0.1, 0.15) is 17.1 Å². The van der Waals surface area contributed by atoms with Crippen LogP contribution < -0.4 is 5.73 Å². The molecule has 182 valence electrons. The summed E-state index contributed by atoms with van der Waals surface area (Å²) in [6.07, 6.45) is -1.94. The summed E-state index contributed by atoms with van der Waals surface area (Å²) >= 11 is 0. The molecule has 1 fully saturated rings. The number of hydrogen-bond donors (Lipinski definition) is 8. The van der Waals surface area contributed by atoms with Gasteiger partial charge in [-0.1, -0.05) is 6.07 Å². The van der Waals surface area contributed by atoms with E-state index in [0.717, 1.165) is 6.07 Å². The number of amides is 1. The Balaban J connectivity index is 2.12. The van der Waals surface area contributed by atoms with Crippen molar-refractivity contribution >= 4 is 23.2 Å². The predicted octanol–water partition coefficient (Wildman–Crippen LogP) is -1.69. The summed E-state index contributed by atoms with van der Waals surface area (Å²) in [5.74, 6) is -11.2. The Kier molecular flexibility index (Phi) is 4.90. The highest BCUT2D eigenvalue weighted by Crippen LogP contribution is 2.58. The highest BCUT2D eigenvalue weighted by atomic mass is 16.4. The highest BCUT2D eigenvalue weighted by molar-refractivity contribution is 6.24. The molecule has 1 aromatic rings. The molecule has 3 aliphatic rings. The van der Waals surface area contributed by atoms with Crippen LogP contribution in [-0.4, -0.2) is 90.0 Å². The smallest absolute Gasteiger partial charge is 0.255 e.